The van der Waals surface area contributed by atoms with Crippen molar-refractivity contribution in [1.29, 1.82) is 0 Å². The highest BCUT2D eigenvalue weighted by molar-refractivity contribution is 5.56. The lowest BCUT2D eigenvalue weighted by Gasteiger charge is -2.17. The van der Waals surface area contributed by atoms with Crippen LogP contribution in [0.15, 0.2) is 30.5 Å². The first-order chi connectivity index (χ1) is 14.5. The predicted molar refractivity (Wildman–Crippen MR) is 118 cm³/mol. The number of rotatable bonds is 11. The summed E-state index contributed by atoms with van der Waals surface area (Å²) in [7, 11) is 1.66. The number of hydrogen-bond donors (Lipinski definition) is 3. The molecule has 2 heterocycles. The first-order valence-corrected chi connectivity index (χ1v) is 10.2. The van der Waals surface area contributed by atoms with Gasteiger partial charge in [0.05, 0.1) is 32.6 Å². The Balaban J connectivity index is 1.87. The van der Waals surface area contributed by atoms with Crippen LogP contribution in [0.3, 0.4) is 0 Å². The number of nitrogens with two attached hydrogens (primary N) is 1. The number of aromatic nitrogens is 4. The minimum absolute atomic E-state index is 0.00867. The second-order valence-corrected chi connectivity index (χ2v) is 7.33. The topological polar surface area (TPSA) is 112 Å². The van der Waals surface area contributed by atoms with Gasteiger partial charge in [-0.3, -0.25) is 0 Å². The maximum absolute atomic E-state index is 5.45. The van der Waals surface area contributed by atoms with E-state index in [0.29, 0.717) is 44.1 Å². The quantitative estimate of drug-likeness (QED) is 0.412. The third-order valence-electron chi connectivity index (χ3n) is 4.75. The van der Waals surface area contributed by atoms with E-state index in [9.17, 15) is 0 Å². The molecule has 162 valence electrons. The molecule has 0 radical (unpaired) electrons. The molecule has 4 N–H and O–H groups in total. The van der Waals surface area contributed by atoms with Crippen LogP contribution in [0.1, 0.15) is 43.9 Å². The molecule has 3 rings (SSSR count). The number of fused-ring (bicyclic) bond motifs is 1. The van der Waals surface area contributed by atoms with E-state index in [1.165, 1.54) is 0 Å². The van der Waals surface area contributed by atoms with Crippen molar-refractivity contribution in [2.24, 2.45) is 5.73 Å². The second kappa shape index (κ2) is 10.2. The lowest BCUT2D eigenvalue weighted by atomic mass is 10.1. The van der Waals surface area contributed by atoms with E-state index < -0.39 is 0 Å². The van der Waals surface area contributed by atoms with Crippen LogP contribution < -0.4 is 21.1 Å². The van der Waals surface area contributed by atoms with Gasteiger partial charge in [-0.1, -0.05) is 26.0 Å². The van der Waals surface area contributed by atoms with Gasteiger partial charge in [0, 0.05) is 18.7 Å². The summed E-state index contributed by atoms with van der Waals surface area (Å²) < 4.78 is 12.5. The highest BCUT2D eigenvalue weighted by atomic mass is 16.5. The van der Waals surface area contributed by atoms with Crippen molar-refractivity contribution in [2.45, 2.75) is 32.7 Å². The molecule has 0 saturated carbocycles. The lowest BCUT2D eigenvalue weighted by molar-refractivity contribution is 0.151. The minimum Gasteiger partial charge on any atom is -0.497 e. The summed E-state index contributed by atoms with van der Waals surface area (Å²) in [4.78, 5) is 9.34. The molecular weight excluding hydrogens is 382 g/mol. The maximum Gasteiger partial charge on any atom is 0.229 e. The summed E-state index contributed by atoms with van der Waals surface area (Å²) in [5.74, 6) is 2.26. The van der Waals surface area contributed by atoms with E-state index in [1.807, 2.05) is 24.4 Å². The van der Waals surface area contributed by atoms with Gasteiger partial charge in [-0.2, -0.15) is 19.6 Å². The average molecular weight is 414 g/mol. The first-order valence-electron chi connectivity index (χ1n) is 10.2. The van der Waals surface area contributed by atoms with Gasteiger partial charge in [0.25, 0.3) is 0 Å². The highest BCUT2D eigenvalue weighted by Gasteiger charge is 2.17. The van der Waals surface area contributed by atoms with E-state index in [-0.39, 0.29) is 6.04 Å². The molecule has 9 nitrogen and oxygen atoms in total. The smallest absolute Gasteiger partial charge is 0.229 e. The number of nitrogens with one attached hydrogen (secondary N) is 2. The van der Waals surface area contributed by atoms with Crippen LogP contribution in [-0.2, 0) is 4.74 Å². The molecule has 0 aliphatic carbocycles. The van der Waals surface area contributed by atoms with Gasteiger partial charge >= 0.3 is 0 Å². The van der Waals surface area contributed by atoms with Gasteiger partial charge in [0.1, 0.15) is 5.75 Å². The Kier molecular flexibility index (Phi) is 7.42. The van der Waals surface area contributed by atoms with Crippen LogP contribution in [0.5, 0.6) is 5.75 Å². The third-order valence-corrected chi connectivity index (χ3v) is 4.75. The summed E-state index contributed by atoms with van der Waals surface area (Å²) in [6, 6.07) is 7.95. The van der Waals surface area contributed by atoms with Crippen LogP contribution in [0, 0.1) is 0 Å². The molecule has 0 unspecified atom stereocenters. The van der Waals surface area contributed by atoms with Crippen LogP contribution >= 0.6 is 0 Å². The lowest BCUT2D eigenvalue weighted by Crippen LogP contribution is -2.18. The van der Waals surface area contributed by atoms with E-state index >= 15 is 0 Å². The molecule has 1 atom stereocenters. The molecule has 9 heteroatoms. The normalized spacial score (nSPS) is 12.3. The first kappa shape index (κ1) is 21.8. The molecule has 3 aromatic rings. The molecule has 0 saturated heterocycles. The predicted octanol–water partition coefficient (Wildman–Crippen LogP) is 2.82. The fourth-order valence-electron chi connectivity index (χ4n) is 3.08. The second-order valence-electron chi connectivity index (χ2n) is 7.33. The van der Waals surface area contributed by atoms with Crippen LogP contribution in [0.25, 0.3) is 5.65 Å². The van der Waals surface area contributed by atoms with E-state index in [0.717, 1.165) is 22.5 Å². The molecule has 2 aromatic heterocycles. The summed E-state index contributed by atoms with van der Waals surface area (Å²) in [6.07, 6.45) is 1.85. The molecule has 0 fully saturated rings. The number of anilines is 2. The van der Waals surface area contributed by atoms with Gasteiger partial charge in [-0.05, 0) is 30.5 Å². The Labute approximate surface area is 177 Å². The zero-order valence-electron chi connectivity index (χ0n) is 18.1. The molecule has 1 aromatic carbocycles. The van der Waals surface area contributed by atoms with Crippen LogP contribution in [0.4, 0.5) is 11.9 Å². The highest BCUT2D eigenvalue weighted by Crippen LogP contribution is 2.25. The van der Waals surface area contributed by atoms with Crippen molar-refractivity contribution in [3.05, 3.63) is 41.6 Å². The summed E-state index contributed by atoms with van der Waals surface area (Å²) in [5.41, 5.74) is 8.39. The molecule has 0 aliphatic rings. The van der Waals surface area contributed by atoms with Crippen molar-refractivity contribution in [2.75, 3.05) is 44.0 Å². The van der Waals surface area contributed by atoms with Crippen molar-refractivity contribution >= 4 is 17.5 Å². The van der Waals surface area contributed by atoms with Crippen molar-refractivity contribution in [1.82, 2.24) is 19.6 Å². The number of hydrogen-bond acceptors (Lipinski definition) is 8. The number of benzene rings is 1. The summed E-state index contributed by atoms with van der Waals surface area (Å²) in [5, 5.41) is 11.2. The van der Waals surface area contributed by atoms with Crippen molar-refractivity contribution in [3.8, 4) is 5.75 Å². The van der Waals surface area contributed by atoms with E-state index in [2.05, 4.69) is 52.5 Å². The van der Waals surface area contributed by atoms with Crippen molar-refractivity contribution < 1.29 is 9.47 Å². The molecule has 0 bridgehead atoms. The standard InChI is InChI=1S/C21H31N7O2/c1-14(2)18-13-24-28-19(18)26-20(23-9-11-30-10-8-22)27-21(28)25-15(3)16-6-5-7-17(12-16)29-4/h5-7,12-15H,8-11,22H2,1-4H3,(H2,23,25,26,27)/t15-/m0/s1. The molecule has 0 spiro atoms. The largest absolute Gasteiger partial charge is 0.497 e. The SMILES string of the molecule is COc1cccc([C@H](C)Nc2nc(NCCOCCN)nc3c(C(C)C)cnn23)c1. The van der Waals surface area contributed by atoms with Gasteiger partial charge in [0.15, 0.2) is 5.65 Å². The number of ether oxygens (including phenoxy) is 2. The fourth-order valence-corrected chi connectivity index (χ4v) is 3.08. The molecular formula is C21H31N7O2. The minimum atomic E-state index is -0.00867. The number of nitrogens with zero attached hydrogens (tertiary/aromatic N) is 4. The van der Waals surface area contributed by atoms with E-state index in [1.54, 1.807) is 11.6 Å². The monoisotopic (exact) mass is 413 g/mol. The molecule has 30 heavy (non-hydrogen) atoms. The Hall–Kier alpha value is -2.91. The van der Waals surface area contributed by atoms with Gasteiger partial charge in [-0.15, -0.1) is 0 Å². The zero-order chi connectivity index (χ0) is 21.5. The van der Waals surface area contributed by atoms with Gasteiger partial charge < -0.3 is 25.8 Å². The Morgan fingerprint density at radius 1 is 1.17 bits per heavy atom. The Morgan fingerprint density at radius 2 is 2.00 bits per heavy atom. The van der Waals surface area contributed by atoms with E-state index in [4.69, 9.17) is 15.2 Å². The van der Waals surface area contributed by atoms with Gasteiger partial charge in [0.2, 0.25) is 11.9 Å². The average Bonchev–Trinajstić information content (AvgIpc) is 3.18. The van der Waals surface area contributed by atoms with Crippen LogP contribution in [0.2, 0.25) is 0 Å². The fraction of sp³-hybridized carbons (Fsp3) is 0.476. The summed E-state index contributed by atoms with van der Waals surface area (Å²) >= 11 is 0. The Bertz CT molecular complexity index is 958. The number of methoxy groups -OCH3 is 1. The molecule has 0 aliphatic heterocycles. The zero-order valence-corrected chi connectivity index (χ0v) is 18.1. The maximum atomic E-state index is 5.45. The Morgan fingerprint density at radius 3 is 2.73 bits per heavy atom. The van der Waals surface area contributed by atoms with Crippen molar-refractivity contribution in [3.63, 3.8) is 0 Å². The van der Waals surface area contributed by atoms with Crippen LogP contribution in [-0.4, -0.2) is 53.0 Å². The summed E-state index contributed by atoms with van der Waals surface area (Å²) in [6.45, 7) is 8.48. The molecule has 0 amide bonds. The van der Waals surface area contributed by atoms with Gasteiger partial charge in [-0.25, -0.2) is 0 Å². The third kappa shape index (κ3) is 5.17.